The van der Waals surface area contributed by atoms with E-state index in [0.29, 0.717) is 15.7 Å². The summed E-state index contributed by atoms with van der Waals surface area (Å²) >= 11 is 3.35. The smallest absolute Gasteiger partial charge is 0.272 e. The second-order valence-electron chi connectivity index (χ2n) is 6.94. The van der Waals surface area contributed by atoms with Gasteiger partial charge in [-0.15, -0.1) is 0 Å². The molecule has 2 N–H and O–H groups in total. The summed E-state index contributed by atoms with van der Waals surface area (Å²) in [6.07, 6.45) is 1.59. The Morgan fingerprint density at radius 1 is 0.935 bits per heavy atom. The van der Waals surface area contributed by atoms with E-state index in [1.807, 2.05) is 43.3 Å². The third-order valence-electron chi connectivity index (χ3n) is 4.43. The van der Waals surface area contributed by atoms with Crippen LogP contribution in [-0.2, 0) is 4.79 Å². The molecule has 0 heterocycles. The van der Waals surface area contributed by atoms with Crippen molar-refractivity contribution in [2.45, 2.75) is 0 Å². The van der Waals surface area contributed by atoms with E-state index < -0.39 is 17.6 Å². The highest BCUT2D eigenvalue weighted by atomic mass is 79.9. The van der Waals surface area contributed by atoms with Gasteiger partial charge in [-0.25, -0.2) is 4.39 Å². The first kappa shape index (κ1) is 22.2. The third kappa shape index (κ3) is 6.02. The zero-order chi connectivity index (χ0) is 22.4. The van der Waals surface area contributed by atoms with Gasteiger partial charge in [0.1, 0.15) is 11.5 Å². The highest BCUT2D eigenvalue weighted by molar-refractivity contribution is 9.10. The number of amides is 2. The Kier molecular flexibility index (Phi) is 7.20. The summed E-state index contributed by atoms with van der Waals surface area (Å²) in [6.45, 7) is 0. The van der Waals surface area contributed by atoms with Crippen LogP contribution >= 0.6 is 15.9 Å². The first-order valence-corrected chi connectivity index (χ1v) is 10.2. The van der Waals surface area contributed by atoms with Crippen molar-refractivity contribution in [2.24, 2.45) is 0 Å². The molecule has 0 atom stereocenters. The van der Waals surface area contributed by atoms with E-state index in [1.54, 1.807) is 30.3 Å². The maximum absolute atomic E-state index is 13.2. The number of carbonyl (C=O) groups excluding carboxylic acids is 2. The van der Waals surface area contributed by atoms with Gasteiger partial charge in [-0.2, -0.15) is 0 Å². The Morgan fingerprint density at radius 2 is 1.58 bits per heavy atom. The van der Waals surface area contributed by atoms with Gasteiger partial charge in [0.2, 0.25) is 0 Å². The number of halogens is 2. The predicted octanol–water partition coefficient (Wildman–Crippen LogP) is 5.06. The van der Waals surface area contributed by atoms with Crippen LogP contribution in [0.25, 0.3) is 6.08 Å². The quantitative estimate of drug-likeness (QED) is 0.483. The number of anilines is 2. The lowest BCUT2D eigenvalue weighted by molar-refractivity contribution is -0.113. The fourth-order valence-electron chi connectivity index (χ4n) is 2.76. The van der Waals surface area contributed by atoms with Gasteiger partial charge in [0.25, 0.3) is 11.8 Å². The van der Waals surface area contributed by atoms with Gasteiger partial charge < -0.3 is 15.5 Å². The summed E-state index contributed by atoms with van der Waals surface area (Å²) in [6, 6.07) is 19.9. The fourth-order valence-corrected chi connectivity index (χ4v) is 3.23. The molecule has 2 amide bonds. The Hall–Kier alpha value is -3.45. The highest BCUT2D eigenvalue weighted by Crippen LogP contribution is 2.18. The molecule has 3 aromatic carbocycles. The van der Waals surface area contributed by atoms with Gasteiger partial charge in [-0.3, -0.25) is 9.59 Å². The Labute approximate surface area is 188 Å². The number of hydrogen-bond donors (Lipinski definition) is 2. The maximum Gasteiger partial charge on any atom is 0.272 e. The summed E-state index contributed by atoms with van der Waals surface area (Å²) in [4.78, 5) is 27.7. The fraction of sp³-hybridized carbons (Fsp3) is 0.0833. The Balaban J connectivity index is 1.90. The number of hydrogen-bond acceptors (Lipinski definition) is 3. The van der Waals surface area contributed by atoms with Gasteiger partial charge in [0, 0.05) is 29.9 Å². The Bertz CT molecular complexity index is 1110. The van der Waals surface area contributed by atoms with Crippen LogP contribution in [0.2, 0.25) is 0 Å². The standard InChI is InChI=1S/C24H21BrFN3O2/c1-29(2)19-13-7-16(8-14-19)15-22(24(31)27-18-11-9-17(26)10-12-18)28-23(30)20-5-3-4-6-21(20)25/h3-15H,1-2H3,(H,27,31)(H,28,30). The van der Waals surface area contributed by atoms with E-state index in [1.165, 1.54) is 24.3 Å². The average Bonchev–Trinajstić information content (AvgIpc) is 2.75. The number of rotatable bonds is 6. The van der Waals surface area contributed by atoms with Gasteiger partial charge >= 0.3 is 0 Å². The second-order valence-corrected chi connectivity index (χ2v) is 7.79. The number of nitrogens with one attached hydrogen (secondary N) is 2. The maximum atomic E-state index is 13.2. The second kappa shape index (κ2) is 10.0. The molecule has 0 aromatic heterocycles. The number of benzene rings is 3. The molecule has 5 nitrogen and oxygen atoms in total. The average molecular weight is 482 g/mol. The monoisotopic (exact) mass is 481 g/mol. The predicted molar refractivity (Wildman–Crippen MR) is 125 cm³/mol. The van der Waals surface area contributed by atoms with E-state index in [9.17, 15) is 14.0 Å². The first-order chi connectivity index (χ1) is 14.8. The van der Waals surface area contributed by atoms with Crippen LogP contribution in [0.15, 0.2) is 83.0 Å². The van der Waals surface area contributed by atoms with Gasteiger partial charge in [0.05, 0.1) is 5.56 Å². The van der Waals surface area contributed by atoms with Crippen molar-refractivity contribution in [3.05, 3.63) is 99.9 Å². The lowest BCUT2D eigenvalue weighted by atomic mass is 10.1. The zero-order valence-corrected chi connectivity index (χ0v) is 18.6. The van der Waals surface area contributed by atoms with Gasteiger partial charge in [0.15, 0.2) is 0 Å². The Morgan fingerprint density at radius 3 is 2.19 bits per heavy atom. The highest BCUT2D eigenvalue weighted by Gasteiger charge is 2.16. The largest absolute Gasteiger partial charge is 0.378 e. The lowest BCUT2D eigenvalue weighted by Gasteiger charge is -2.14. The van der Waals surface area contributed by atoms with Crippen LogP contribution in [0, 0.1) is 5.82 Å². The number of nitrogens with zero attached hydrogens (tertiary/aromatic N) is 1. The molecule has 31 heavy (non-hydrogen) atoms. The molecular formula is C24H21BrFN3O2. The minimum atomic E-state index is -0.524. The summed E-state index contributed by atoms with van der Waals surface area (Å²) < 4.78 is 13.8. The van der Waals surface area contributed by atoms with Gasteiger partial charge in [-0.05, 0) is 76.1 Å². The van der Waals surface area contributed by atoms with Crippen LogP contribution in [0.1, 0.15) is 15.9 Å². The van der Waals surface area contributed by atoms with Crippen molar-refractivity contribution in [1.29, 1.82) is 0 Å². The van der Waals surface area contributed by atoms with Gasteiger partial charge in [-0.1, -0.05) is 24.3 Å². The molecule has 3 aromatic rings. The van der Waals surface area contributed by atoms with Crippen LogP contribution in [0.4, 0.5) is 15.8 Å². The molecule has 0 saturated heterocycles. The van der Waals surface area contributed by atoms with Crippen molar-refractivity contribution in [1.82, 2.24) is 5.32 Å². The molecule has 158 valence electrons. The molecule has 0 aliphatic heterocycles. The first-order valence-electron chi connectivity index (χ1n) is 9.45. The number of carbonyl (C=O) groups is 2. The summed E-state index contributed by atoms with van der Waals surface area (Å²) in [5.41, 5.74) is 2.61. The third-order valence-corrected chi connectivity index (χ3v) is 5.13. The molecular weight excluding hydrogens is 461 g/mol. The molecule has 0 spiro atoms. The molecule has 0 fully saturated rings. The SMILES string of the molecule is CN(C)c1ccc(C=C(NC(=O)c2ccccc2Br)C(=O)Nc2ccc(F)cc2)cc1. The molecule has 0 radical (unpaired) electrons. The van der Waals surface area contributed by atoms with E-state index in [-0.39, 0.29) is 5.70 Å². The molecule has 0 aliphatic rings. The van der Waals surface area contributed by atoms with Crippen LogP contribution in [-0.4, -0.2) is 25.9 Å². The minimum absolute atomic E-state index is 0.0580. The van der Waals surface area contributed by atoms with E-state index in [2.05, 4.69) is 26.6 Å². The minimum Gasteiger partial charge on any atom is -0.378 e. The summed E-state index contributed by atoms with van der Waals surface area (Å²) in [7, 11) is 3.87. The van der Waals surface area contributed by atoms with Crippen LogP contribution < -0.4 is 15.5 Å². The molecule has 0 aliphatic carbocycles. The summed E-state index contributed by atoms with van der Waals surface area (Å²) in [5, 5.41) is 5.37. The topological polar surface area (TPSA) is 61.4 Å². The van der Waals surface area contributed by atoms with Crippen LogP contribution in [0.3, 0.4) is 0 Å². The molecule has 0 saturated carbocycles. The normalized spacial score (nSPS) is 11.0. The van der Waals surface area contributed by atoms with E-state index in [0.717, 1.165) is 11.3 Å². The molecule has 0 unspecified atom stereocenters. The van der Waals surface area contributed by atoms with E-state index >= 15 is 0 Å². The summed E-state index contributed by atoms with van der Waals surface area (Å²) in [5.74, 6) is -1.36. The van der Waals surface area contributed by atoms with Crippen molar-refractivity contribution in [2.75, 3.05) is 24.3 Å². The van der Waals surface area contributed by atoms with Crippen molar-refractivity contribution in [3.63, 3.8) is 0 Å². The molecule has 3 rings (SSSR count). The molecule has 0 bridgehead atoms. The lowest BCUT2D eigenvalue weighted by Crippen LogP contribution is -2.31. The van der Waals surface area contributed by atoms with Crippen LogP contribution in [0.5, 0.6) is 0 Å². The molecule has 7 heteroatoms. The van der Waals surface area contributed by atoms with Crippen molar-refractivity contribution < 1.29 is 14.0 Å². The zero-order valence-electron chi connectivity index (χ0n) is 17.0. The van der Waals surface area contributed by atoms with Crippen molar-refractivity contribution >= 4 is 45.2 Å². The van der Waals surface area contributed by atoms with E-state index in [4.69, 9.17) is 0 Å². The van der Waals surface area contributed by atoms with Crippen molar-refractivity contribution in [3.8, 4) is 0 Å².